The summed E-state index contributed by atoms with van der Waals surface area (Å²) in [5, 5.41) is 13.8. The monoisotopic (exact) mass is 330 g/mol. The van der Waals surface area contributed by atoms with Crippen LogP contribution >= 0.6 is 0 Å². The Morgan fingerprint density at radius 3 is 2.83 bits per heavy atom. The zero-order chi connectivity index (χ0) is 17.3. The molecule has 1 aliphatic rings. The van der Waals surface area contributed by atoms with Crippen LogP contribution in [-0.4, -0.2) is 39.8 Å². The van der Waals surface area contributed by atoms with Crippen LogP contribution in [0.15, 0.2) is 28.8 Å². The lowest BCUT2D eigenvalue weighted by Gasteiger charge is -2.17. The number of hydrogen-bond acceptors (Lipinski definition) is 6. The van der Waals surface area contributed by atoms with Gasteiger partial charge >= 0.3 is 0 Å². The van der Waals surface area contributed by atoms with Crippen LogP contribution in [0.3, 0.4) is 0 Å². The number of nitro groups is 1. The smallest absolute Gasteiger partial charge is 0.287 e. The number of anilines is 1. The van der Waals surface area contributed by atoms with Crippen molar-refractivity contribution in [3.63, 3.8) is 0 Å². The van der Waals surface area contributed by atoms with Crippen LogP contribution in [0.2, 0.25) is 0 Å². The fourth-order valence-corrected chi connectivity index (χ4v) is 2.86. The van der Waals surface area contributed by atoms with E-state index in [0.29, 0.717) is 30.2 Å². The van der Waals surface area contributed by atoms with E-state index < -0.39 is 4.92 Å². The summed E-state index contributed by atoms with van der Waals surface area (Å²) in [7, 11) is 0. The number of hydrogen-bond donors (Lipinski definition) is 1. The van der Waals surface area contributed by atoms with Crippen molar-refractivity contribution in [2.24, 2.45) is 0 Å². The van der Waals surface area contributed by atoms with Crippen molar-refractivity contribution >= 4 is 17.4 Å². The zero-order valence-electron chi connectivity index (χ0n) is 13.5. The Labute approximate surface area is 138 Å². The van der Waals surface area contributed by atoms with Crippen LogP contribution in [0.1, 0.15) is 28.3 Å². The molecule has 1 amide bonds. The third-order valence-corrected chi connectivity index (χ3v) is 4.06. The molecule has 0 unspecified atom stereocenters. The normalized spacial score (nSPS) is 17.1. The van der Waals surface area contributed by atoms with Gasteiger partial charge in [-0.05, 0) is 32.4 Å². The molecule has 8 heteroatoms. The Balaban J connectivity index is 1.62. The van der Waals surface area contributed by atoms with E-state index in [1.54, 1.807) is 24.0 Å². The lowest BCUT2D eigenvalue weighted by molar-refractivity contribution is -0.385. The lowest BCUT2D eigenvalue weighted by Crippen LogP contribution is -2.31. The molecule has 0 saturated carbocycles. The van der Waals surface area contributed by atoms with E-state index in [1.165, 1.54) is 12.3 Å². The minimum absolute atomic E-state index is 0.0368. The summed E-state index contributed by atoms with van der Waals surface area (Å²) in [5.41, 5.74) is 0.552. The predicted octanol–water partition coefficient (Wildman–Crippen LogP) is 2.53. The molecule has 24 heavy (non-hydrogen) atoms. The molecule has 0 spiro atoms. The molecule has 1 fully saturated rings. The van der Waals surface area contributed by atoms with Crippen molar-refractivity contribution in [3.8, 4) is 0 Å². The number of carbonyl (C=O) groups is 1. The molecule has 2 aromatic rings. The van der Waals surface area contributed by atoms with Crippen molar-refractivity contribution in [2.75, 3.05) is 18.4 Å². The van der Waals surface area contributed by atoms with Crippen LogP contribution < -0.4 is 5.32 Å². The van der Waals surface area contributed by atoms with Gasteiger partial charge in [0.05, 0.1) is 10.5 Å². The van der Waals surface area contributed by atoms with Crippen molar-refractivity contribution in [2.45, 2.75) is 26.3 Å². The van der Waals surface area contributed by atoms with Gasteiger partial charge in [0.15, 0.2) is 0 Å². The summed E-state index contributed by atoms with van der Waals surface area (Å²) in [6.07, 6.45) is 2.01. The highest BCUT2D eigenvalue weighted by atomic mass is 16.6. The average Bonchev–Trinajstić information content (AvgIpc) is 3.13. The van der Waals surface area contributed by atoms with E-state index in [1.807, 2.05) is 6.92 Å². The first kappa shape index (κ1) is 16.0. The van der Waals surface area contributed by atoms with Gasteiger partial charge in [0, 0.05) is 25.2 Å². The van der Waals surface area contributed by atoms with Gasteiger partial charge in [-0.1, -0.05) is 0 Å². The molecule has 0 bridgehead atoms. The van der Waals surface area contributed by atoms with E-state index in [9.17, 15) is 14.9 Å². The molecule has 1 aliphatic heterocycles. The molecule has 2 aromatic heterocycles. The number of aryl methyl sites for hydroxylation is 2. The van der Waals surface area contributed by atoms with Crippen LogP contribution in [-0.2, 0) is 0 Å². The van der Waals surface area contributed by atoms with Crippen LogP contribution in [0.25, 0.3) is 0 Å². The summed E-state index contributed by atoms with van der Waals surface area (Å²) < 4.78 is 5.42. The fraction of sp³-hybridized carbons (Fsp3) is 0.375. The second kappa shape index (κ2) is 6.31. The average molecular weight is 330 g/mol. The Morgan fingerprint density at radius 2 is 2.25 bits per heavy atom. The summed E-state index contributed by atoms with van der Waals surface area (Å²) in [5.74, 6) is 1.88. The van der Waals surface area contributed by atoms with E-state index in [4.69, 9.17) is 4.42 Å². The molecule has 0 aromatic carbocycles. The molecule has 0 radical (unpaired) electrons. The van der Waals surface area contributed by atoms with Gasteiger partial charge in [0.25, 0.3) is 11.6 Å². The number of likely N-dealkylation sites (tertiary alicyclic amines) is 1. The van der Waals surface area contributed by atoms with Gasteiger partial charge in [0.2, 0.25) is 0 Å². The van der Waals surface area contributed by atoms with Gasteiger partial charge in [-0.25, -0.2) is 4.98 Å². The molecule has 1 N–H and O–H groups in total. The molecule has 1 saturated heterocycles. The van der Waals surface area contributed by atoms with E-state index in [-0.39, 0.29) is 17.6 Å². The second-order valence-corrected chi connectivity index (χ2v) is 5.87. The number of furan rings is 1. The van der Waals surface area contributed by atoms with E-state index >= 15 is 0 Å². The van der Waals surface area contributed by atoms with Gasteiger partial charge in [-0.2, -0.15) is 0 Å². The Kier molecular flexibility index (Phi) is 4.20. The Bertz CT molecular complexity index is 769. The Morgan fingerprint density at radius 1 is 1.46 bits per heavy atom. The maximum Gasteiger partial charge on any atom is 0.287 e. The summed E-state index contributed by atoms with van der Waals surface area (Å²) in [4.78, 5) is 28.5. The molecular weight excluding hydrogens is 312 g/mol. The molecule has 0 aliphatic carbocycles. The Hall–Kier alpha value is -2.90. The SMILES string of the molecule is Cc1cc(C(=O)N2CC[C@H](Nc3ccc([N+](=O)[O-])cn3)C2)c(C)o1. The second-order valence-electron chi connectivity index (χ2n) is 5.87. The lowest BCUT2D eigenvalue weighted by atomic mass is 10.2. The number of carbonyl (C=O) groups excluding carboxylic acids is 1. The molecule has 126 valence electrons. The van der Waals surface area contributed by atoms with Gasteiger partial charge in [-0.3, -0.25) is 14.9 Å². The van der Waals surface area contributed by atoms with Crippen LogP contribution in [0.4, 0.5) is 11.5 Å². The minimum atomic E-state index is -0.484. The van der Waals surface area contributed by atoms with Crippen molar-refractivity contribution in [3.05, 3.63) is 51.6 Å². The number of rotatable bonds is 4. The molecular formula is C16H18N4O4. The molecule has 3 heterocycles. The molecule has 3 rings (SSSR count). The third-order valence-electron chi connectivity index (χ3n) is 4.06. The minimum Gasteiger partial charge on any atom is -0.466 e. The maximum absolute atomic E-state index is 12.5. The maximum atomic E-state index is 12.5. The first-order valence-electron chi connectivity index (χ1n) is 7.67. The third kappa shape index (κ3) is 3.22. The molecule has 1 atom stereocenters. The first-order chi connectivity index (χ1) is 11.4. The summed E-state index contributed by atoms with van der Waals surface area (Å²) in [6.45, 7) is 4.81. The van der Waals surface area contributed by atoms with Crippen LogP contribution in [0, 0.1) is 24.0 Å². The fourth-order valence-electron chi connectivity index (χ4n) is 2.86. The van der Waals surface area contributed by atoms with Crippen molar-refractivity contribution < 1.29 is 14.1 Å². The highest BCUT2D eigenvalue weighted by molar-refractivity contribution is 5.95. The number of pyridine rings is 1. The topological polar surface area (TPSA) is 102 Å². The van der Waals surface area contributed by atoms with Crippen molar-refractivity contribution in [1.29, 1.82) is 0 Å². The quantitative estimate of drug-likeness (QED) is 0.683. The highest BCUT2D eigenvalue weighted by Gasteiger charge is 2.29. The van der Waals surface area contributed by atoms with E-state index in [2.05, 4.69) is 10.3 Å². The summed E-state index contributed by atoms with van der Waals surface area (Å²) in [6, 6.07) is 4.81. The number of nitrogens with one attached hydrogen (secondary N) is 1. The van der Waals surface area contributed by atoms with Gasteiger partial charge in [-0.15, -0.1) is 0 Å². The standard InChI is InChI=1S/C16H18N4O4/c1-10-7-14(11(2)24-10)16(21)19-6-5-12(9-19)18-15-4-3-13(8-17-15)20(22)23/h3-4,7-8,12H,5-6,9H2,1-2H3,(H,17,18)/t12-/m0/s1. The van der Waals surface area contributed by atoms with Gasteiger partial charge < -0.3 is 14.6 Å². The summed E-state index contributed by atoms with van der Waals surface area (Å²) >= 11 is 0. The van der Waals surface area contributed by atoms with Gasteiger partial charge in [0.1, 0.15) is 23.5 Å². The predicted molar refractivity (Wildman–Crippen MR) is 87.0 cm³/mol. The number of aromatic nitrogens is 1. The van der Waals surface area contributed by atoms with Crippen LogP contribution in [0.5, 0.6) is 0 Å². The number of nitrogens with zero attached hydrogens (tertiary/aromatic N) is 3. The highest BCUT2D eigenvalue weighted by Crippen LogP contribution is 2.21. The molecule has 8 nitrogen and oxygen atoms in total. The van der Waals surface area contributed by atoms with Crippen molar-refractivity contribution in [1.82, 2.24) is 9.88 Å². The van der Waals surface area contributed by atoms with E-state index in [0.717, 1.165) is 12.2 Å². The largest absolute Gasteiger partial charge is 0.466 e. The number of amides is 1. The zero-order valence-corrected chi connectivity index (χ0v) is 13.5. The first-order valence-corrected chi connectivity index (χ1v) is 7.67.